The summed E-state index contributed by atoms with van der Waals surface area (Å²) in [5, 5.41) is 0. The molecule has 2 aromatic rings. The van der Waals surface area contributed by atoms with E-state index in [1.807, 2.05) is 18.2 Å². The summed E-state index contributed by atoms with van der Waals surface area (Å²) in [4.78, 5) is 24.7. The number of nitrogens with one attached hydrogen (secondary N) is 2. The van der Waals surface area contributed by atoms with E-state index in [1.165, 1.54) is 28.6 Å². The van der Waals surface area contributed by atoms with Crippen molar-refractivity contribution < 1.29 is 22.7 Å². The quantitative estimate of drug-likeness (QED) is 0.731. The standard InChI is InChI=1S/C20H21N3O5S/c24-19(21-22-20(25)18-13-15-5-1-2-6-17(15)28-18)14-7-9-16(10-8-14)29(26,27)23-11-3-4-12-23/h1-2,5-10,18H,3-4,11-13H2,(H,21,24)(H,22,25)/t18-/m0/s1. The third-order valence-corrected chi connectivity index (χ3v) is 6.97. The van der Waals surface area contributed by atoms with Crippen molar-refractivity contribution >= 4 is 21.8 Å². The molecule has 0 unspecified atom stereocenters. The molecule has 29 heavy (non-hydrogen) atoms. The first-order chi connectivity index (χ1) is 13.9. The van der Waals surface area contributed by atoms with E-state index in [2.05, 4.69) is 10.9 Å². The fourth-order valence-electron chi connectivity index (χ4n) is 3.46. The van der Waals surface area contributed by atoms with E-state index in [-0.39, 0.29) is 10.5 Å². The molecule has 1 fully saturated rings. The van der Waals surface area contributed by atoms with E-state index < -0.39 is 27.9 Å². The monoisotopic (exact) mass is 415 g/mol. The van der Waals surface area contributed by atoms with E-state index >= 15 is 0 Å². The molecule has 8 nitrogen and oxygen atoms in total. The normalized spacial score (nSPS) is 18.7. The van der Waals surface area contributed by atoms with Gasteiger partial charge in [-0.25, -0.2) is 8.42 Å². The van der Waals surface area contributed by atoms with Crippen LogP contribution >= 0.6 is 0 Å². The van der Waals surface area contributed by atoms with E-state index in [1.54, 1.807) is 6.07 Å². The molecule has 2 N–H and O–H groups in total. The van der Waals surface area contributed by atoms with Crippen molar-refractivity contribution in [2.45, 2.75) is 30.3 Å². The van der Waals surface area contributed by atoms with Crippen LogP contribution in [0.1, 0.15) is 28.8 Å². The third kappa shape index (κ3) is 3.96. The lowest BCUT2D eigenvalue weighted by atomic mass is 10.1. The number of sulfonamides is 1. The Morgan fingerprint density at radius 1 is 0.966 bits per heavy atom. The number of rotatable bonds is 4. The lowest BCUT2D eigenvalue weighted by Gasteiger charge is -2.15. The van der Waals surface area contributed by atoms with Crippen LogP contribution in [0.4, 0.5) is 0 Å². The summed E-state index contributed by atoms with van der Waals surface area (Å²) in [6.45, 7) is 1.04. The maximum atomic E-state index is 12.5. The fraction of sp³-hybridized carbons (Fsp3) is 0.300. The molecule has 152 valence electrons. The van der Waals surface area contributed by atoms with Crippen LogP contribution in [0, 0.1) is 0 Å². The molecule has 2 heterocycles. The Kier molecular flexibility index (Phi) is 5.25. The molecular weight excluding hydrogens is 394 g/mol. The zero-order valence-corrected chi connectivity index (χ0v) is 16.4. The van der Waals surface area contributed by atoms with Gasteiger partial charge in [0, 0.05) is 25.1 Å². The number of fused-ring (bicyclic) bond motifs is 1. The predicted molar refractivity (Wildman–Crippen MR) is 105 cm³/mol. The minimum absolute atomic E-state index is 0.150. The lowest BCUT2D eigenvalue weighted by Crippen LogP contribution is -2.47. The van der Waals surface area contributed by atoms with Gasteiger partial charge in [0.05, 0.1) is 4.90 Å². The van der Waals surface area contributed by atoms with Gasteiger partial charge in [-0.1, -0.05) is 18.2 Å². The highest BCUT2D eigenvalue weighted by atomic mass is 32.2. The van der Waals surface area contributed by atoms with Crippen LogP contribution in [0.25, 0.3) is 0 Å². The first-order valence-corrected chi connectivity index (χ1v) is 10.8. The van der Waals surface area contributed by atoms with Gasteiger partial charge in [-0.3, -0.25) is 20.4 Å². The topological polar surface area (TPSA) is 105 Å². The molecule has 0 spiro atoms. The zero-order valence-electron chi connectivity index (χ0n) is 15.6. The number of hydrazine groups is 1. The molecule has 2 amide bonds. The van der Waals surface area contributed by atoms with E-state index in [4.69, 9.17) is 4.74 Å². The zero-order chi connectivity index (χ0) is 20.4. The molecule has 0 radical (unpaired) electrons. The second kappa shape index (κ2) is 7.84. The minimum atomic E-state index is -3.53. The summed E-state index contributed by atoms with van der Waals surface area (Å²) in [5.74, 6) is -0.337. The maximum absolute atomic E-state index is 12.5. The van der Waals surface area contributed by atoms with Crippen molar-refractivity contribution in [3.8, 4) is 5.75 Å². The van der Waals surface area contributed by atoms with Crippen molar-refractivity contribution in [2.75, 3.05) is 13.1 Å². The summed E-state index contributed by atoms with van der Waals surface area (Å²) in [6.07, 6.45) is 1.44. The number of ether oxygens (including phenoxy) is 1. The molecule has 1 saturated heterocycles. The number of amides is 2. The number of carbonyl (C=O) groups is 2. The van der Waals surface area contributed by atoms with Crippen LogP contribution < -0.4 is 15.6 Å². The fourth-order valence-corrected chi connectivity index (χ4v) is 4.97. The molecular formula is C20H21N3O5S. The molecule has 9 heteroatoms. The van der Waals surface area contributed by atoms with Gasteiger partial charge >= 0.3 is 0 Å². The number of para-hydroxylation sites is 1. The summed E-state index contributed by atoms with van der Waals surface area (Å²) in [7, 11) is -3.53. The summed E-state index contributed by atoms with van der Waals surface area (Å²) < 4.78 is 32.1. The first kappa shape index (κ1) is 19.4. The van der Waals surface area contributed by atoms with Gasteiger partial charge in [0.25, 0.3) is 11.8 Å². The van der Waals surface area contributed by atoms with Crippen molar-refractivity contribution in [1.82, 2.24) is 15.2 Å². The second-order valence-corrected chi connectivity index (χ2v) is 8.94. The Morgan fingerprint density at radius 3 is 2.34 bits per heavy atom. The van der Waals surface area contributed by atoms with Gasteiger partial charge in [-0.2, -0.15) is 4.31 Å². The van der Waals surface area contributed by atoms with Crippen LogP contribution in [-0.4, -0.2) is 43.7 Å². The van der Waals surface area contributed by atoms with Crippen LogP contribution in [0.15, 0.2) is 53.4 Å². The maximum Gasteiger partial charge on any atom is 0.279 e. The highest BCUT2D eigenvalue weighted by Crippen LogP contribution is 2.28. The first-order valence-electron chi connectivity index (χ1n) is 9.40. The SMILES string of the molecule is O=C(NNC(=O)[C@@H]1Cc2ccccc2O1)c1ccc(S(=O)(=O)N2CCCC2)cc1. The van der Waals surface area contributed by atoms with E-state index in [9.17, 15) is 18.0 Å². The molecule has 0 saturated carbocycles. The van der Waals surface area contributed by atoms with Crippen LogP contribution in [0.3, 0.4) is 0 Å². The molecule has 0 aliphatic carbocycles. The largest absolute Gasteiger partial charge is 0.480 e. The van der Waals surface area contributed by atoms with Gasteiger partial charge in [0.15, 0.2) is 6.10 Å². The molecule has 2 aromatic carbocycles. The third-order valence-electron chi connectivity index (χ3n) is 5.06. The van der Waals surface area contributed by atoms with Gasteiger partial charge in [-0.15, -0.1) is 0 Å². The summed E-state index contributed by atoms with van der Waals surface area (Å²) >= 11 is 0. The van der Waals surface area contributed by atoms with Crippen molar-refractivity contribution in [3.63, 3.8) is 0 Å². The lowest BCUT2D eigenvalue weighted by molar-refractivity contribution is -0.128. The summed E-state index contributed by atoms with van der Waals surface area (Å²) in [5.41, 5.74) is 5.87. The highest BCUT2D eigenvalue weighted by molar-refractivity contribution is 7.89. The molecule has 0 bridgehead atoms. The van der Waals surface area contributed by atoms with Gasteiger partial charge in [0.2, 0.25) is 10.0 Å². The number of benzene rings is 2. The Labute approximate surface area is 168 Å². The number of hydrogen-bond donors (Lipinski definition) is 2. The molecule has 1 atom stereocenters. The Bertz CT molecular complexity index is 1010. The number of hydrogen-bond acceptors (Lipinski definition) is 5. The van der Waals surface area contributed by atoms with Crippen LogP contribution in [0.5, 0.6) is 5.75 Å². The van der Waals surface area contributed by atoms with Crippen LogP contribution in [-0.2, 0) is 21.2 Å². The van der Waals surface area contributed by atoms with Gasteiger partial charge in [-0.05, 0) is 48.7 Å². The smallest absolute Gasteiger partial charge is 0.279 e. The van der Waals surface area contributed by atoms with E-state index in [0.717, 1.165) is 18.4 Å². The molecule has 2 aliphatic rings. The van der Waals surface area contributed by atoms with E-state index in [0.29, 0.717) is 25.3 Å². The number of carbonyl (C=O) groups excluding carboxylic acids is 2. The van der Waals surface area contributed by atoms with Crippen molar-refractivity contribution in [3.05, 3.63) is 59.7 Å². The van der Waals surface area contributed by atoms with Crippen molar-refractivity contribution in [1.29, 1.82) is 0 Å². The van der Waals surface area contributed by atoms with Crippen molar-refractivity contribution in [2.24, 2.45) is 0 Å². The number of nitrogens with zero attached hydrogens (tertiary/aromatic N) is 1. The minimum Gasteiger partial charge on any atom is -0.480 e. The Balaban J connectivity index is 1.34. The predicted octanol–water partition coefficient (Wildman–Crippen LogP) is 1.24. The van der Waals surface area contributed by atoms with Gasteiger partial charge < -0.3 is 4.74 Å². The Morgan fingerprint density at radius 2 is 1.66 bits per heavy atom. The van der Waals surface area contributed by atoms with Gasteiger partial charge in [0.1, 0.15) is 5.75 Å². The summed E-state index contributed by atoms with van der Waals surface area (Å²) in [6, 6.07) is 13.0. The molecule has 0 aromatic heterocycles. The molecule has 2 aliphatic heterocycles. The second-order valence-electron chi connectivity index (χ2n) is 7.00. The molecule has 4 rings (SSSR count). The average Bonchev–Trinajstić information content (AvgIpc) is 3.42. The van der Waals surface area contributed by atoms with Crippen LogP contribution in [0.2, 0.25) is 0 Å². The Hall–Kier alpha value is -2.91. The highest BCUT2D eigenvalue weighted by Gasteiger charge is 2.29. The average molecular weight is 415 g/mol.